The highest BCUT2D eigenvalue weighted by Gasteiger charge is 2.27. The maximum Gasteiger partial charge on any atom is 0.339 e. The highest BCUT2D eigenvalue weighted by molar-refractivity contribution is 7.19. The lowest BCUT2D eigenvalue weighted by atomic mass is 10.1. The molecule has 28 heavy (non-hydrogen) atoms. The van der Waals surface area contributed by atoms with Gasteiger partial charge in [-0.05, 0) is 44.0 Å². The second-order valence-corrected chi connectivity index (χ2v) is 8.47. The van der Waals surface area contributed by atoms with E-state index in [1.165, 1.54) is 11.3 Å². The quantitative estimate of drug-likeness (QED) is 0.576. The number of carbonyl (C=O) groups is 2. The number of carbonyl (C=O) groups excluding carboxylic acids is 2. The number of pyridine rings is 1. The molecule has 0 saturated carbocycles. The highest BCUT2D eigenvalue weighted by Crippen LogP contribution is 2.32. The van der Waals surface area contributed by atoms with E-state index < -0.39 is 12.1 Å². The number of halogens is 1. The van der Waals surface area contributed by atoms with Crippen molar-refractivity contribution < 1.29 is 14.3 Å². The molecule has 1 aliphatic heterocycles. The number of esters is 1. The molecule has 1 aliphatic rings. The van der Waals surface area contributed by atoms with Crippen molar-refractivity contribution in [3.63, 3.8) is 0 Å². The van der Waals surface area contributed by atoms with Crippen LogP contribution in [-0.2, 0) is 9.53 Å². The van der Waals surface area contributed by atoms with Crippen LogP contribution in [-0.4, -0.2) is 41.0 Å². The van der Waals surface area contributed by atoms with E-state index >= 15 is 0 Å². The summed E-state index contributed by atoms with van der Waals surface area (Å²) in [6.07, 6.45) is 1.17. The molecule has 0 N–H and O–H groups in total. The smallest absolute Gasteiger partial charge is 0.339 e. The lowest BCUT2D eigenvalue weighted by Gasteiger charge is -2.20. The molecule has 0 unspecified atom stereocenters. The number of hydrogen-bond acceptors (Lipinski definition) is 5. The molecule has 0 spiro atoms. The van der Waals surface area contributed by atoms with Crippen LogP contribution >= 0.6 is 22.9 Å². The van der Waals surface area contributed by atoms with Gasteiger partial charge in [-0.3, -0.25) is 4.79 Å². The number of aromatic nitrogens is 1. The first-order valence-corrected chi connectivity index (χ1v) is 10.4. The number of para-hydroxylation sites is 1. The standard InChI is InChI=1S/C21H19ClN2O3S/c1-13(20(25)24-10-4-5-11-24)27-21(26)15-12-17(18-8-9-19(22)28-18)23-16-7-3-2-6-14(15)16/h2-3,6-9,12-13H,4-5,10-11H2,1H3/t13-/m0/s1. The van der Waals surface area contributed by atoms with Crippen molar-refractivity contribution in [2.45, 2.75) is 25.9 Å². The largest absolute Gasteiger partial charge is 0.449 e. The molecule has 0 bridgehead atoms. The highest BCUT2D eigenvalue weighted by atomic mass is 35.5. The van der Waals surface area contributed by atoms with Gasteiger partial charge in [-0.15, -0.1) is 11.3 Å². The number of rotatable bonds is 4. The number of benzene rings is 1. The van der Waals surface area contributed by atoms with Gasteiger partial charge in [-0.2, -0.15) is 0 Å². The van der Waals surface area contributed by atoms with Gasteiger partial charge < -0.3 is 9.64 Å². The van der Waals surface area contributed by atoms with E-state index in [0.29, 0.717) is 26.5 Å². The molecule has 1 saturated heterocycles. The third-order valence-corrected chi connectivity index (χ3v) is 6.06. The Hall–Kier alpha value is -2.44. The van der Waals surface area contributed by atoms with Crippen LogP contribution in [0.15, 0.2) is 42.5 Å². The molecule has 1 amide bonds. The first kappa shape index (κ1) is 18.9. The van der Waals surface area contributed by atoms with Gasteiger partial charge >= 0.3 is 5.97 Å². The summed E-state index contributed by atoms with van der Waals surface area (Å²) in [7, 11) is 0. The number of likely N-dealkylation sites (tertiary alicyclic amines) is 1. The van der Waals surface area contributed by atoms with E-state index in [2.05, 4.69) is 4.98 Å². The molecule has 3 aromatic rings. The fourth-order valence-corrected chi connectivity index (χ4v) is 4.40. The number of ether oxygens (including phenoxy) is 1. The van der Waals surface area contributed by atoms with Gasteiger partial charge in [-0.1, -0.05) is 29.8 Å². The Bertz CT molecular complexity index is 1040. The second-order valence-electron chi connectivity index (χ2n) is 6.76. The van der Waals surface area contributed by atoms with Gasteiger partial charge in [0.1, 0.15) is 0 Å². The molecular weight excluding hydrogens is 396 g/mol. The zero-order chi connectivity index (χ0) is 19.7. The van der Waals surface area contributed by atoms with E-state index in [1.54, 1.807) is 24.0 Å². The van der Waals surface area contributed by atoms with Crippen LogP contribution in [0.5, 0.6) is 0 Å². The Balaban J connectivity index is 1.66. The number of hydrogen-bond donors (Lipinski definition) is 0. The van der Waals surface area contributed by atoms with Crippen molar-refractivity contribution in [2.24, 2.45) is 0 Å². The van der Waals surface area contributed by atoms with Crippen LogP contribution in [0.4, 0.5) is 0 Å². The van der Waals surface area contributed by atoms with Crippen molar-refractivity contribution in [3.8, 4) is 10.6 Å². The van der Waals surface area contributed by atoms with Crippen molar-refractivity contribution in [2.75, 3.05) is 13.1 Å². The molecule has 0 radical (unpaired) electrons. The van der Waals surface area contributed by atoms with Crippen LogP contribution in [0.2, 0.25) is 4.34 Å². The molecule has 1 fully saturated rings. The monoisotopic (exact) mass is 414 g/mol. The first-order valence-electron chi connectivity index (χ1n) is 9.18. The van der Waals surface area contributed by atoms with E-state index in [9.17, 15) is 9.59 Å². The summed E-state index contributed by atoms with van der Waals surface area (Å²) >= 11 is 7.45. The summed E-state index contributed by atoms with van der Waals surface area (Å²) in [4.78, 5) is 32.7. The van der Waals surface area contributed by atoms with Crippen LogP contribution in [0.3, 0.4) is 0 Å². The lowest BCUT2D eigenvalue weighted by molar-refractivity contribution is -0.138. The fraction of sp³-hybridized carbons (Fsp3) is 0.286. The maximum absolute atomic E-state index is 12.9. The average Bonchev–Trinajstić information content (AvgIpc) is 3.38. The Morgan fingerprint density at radius 1 is 1.18 bits per heavy atom. The topological polar surface area (TPSA) is 59.5 Å². The molecule has 1 aromatic carbocycles. The van der Waals surface area contributed by atoms with E-state index in [1.807, 2.05) is 30.3 Å². The molecule has 7 heteroatoms. The van der Waals surface area contributed by atoms with Crippen molar-refractivity contribution >= 4 is 45.7 Å². The molecule has 2 aromatic heterocycles. The number of fused-ring (bicyclic) bond motifs is 1. The Kier molecular flexibility index (Phi) is 5.33. The first-order chi connectivity index (χ1) is 13.5. The van der Waals surface area contributed by atoms with Crippen molar-refractivity contribution in [1.29, 1.82) is 0 Å². The van der Waals surface area contributed by atoms with Gasteiger partial charge in [0, 0.05) is 18.5 Å². The van der Waals surface area contributed by atoms with Crippen LogP contribution in [0.25, 0.3) is 21.5 Å². The second kappa shape index (κ2) is 7.89. The summed E-state index contributed by atoms with van der Waals surface area (Å²) in [6.45, 7) is 3.08. The zero-order valence-corrected chi connectivity index (χ0v) is 16.9. The summed E-state index contributed by atoms with van der Waals surface area (Å²) in [5, 5.41) is 0.694. The predicted octanol–water partition coefficient (Wildman–Crippen LogP) is 4.78. The number of thiophene rings is 1. The molecule has 4 rings (SSSR count). The molecule has 1 atom stereocenters. The SMILES string of the molecule is C[C@H](OC(=O)c1cc(-c2ccc(Cl)s2)nc2ccccc12)C(=O)N1CCCC1. The maximum atomic E-state index is 12.9. The van der Waals surface area contributed by atoms with Gasteiger partial charge in [-0.25, -0.2) is 9.78 Å². The van der Waals surface area contributed by atoms with Crippen LogP contribution < -0.4 is 0 Å². The van der Waals surface area contributed by atoms with Gasteiger partial charge in [0.25, 0.3) is 5.91 Å². The molecule has 5 nitrogen and oxygen atoms in total. The van der Waals surface area contributed by atoms with Gasteiger partial charge in [0.2, 0.25) is 0 Å². The average molecular weight is 415 g/mol. The molecular formula is C21H19ClN2O3S. The van der Waals surface area contributed by atoms with Gasteiger partial charge in [0.15, 0.2) is 6.10 Å². The minimum absolute atomic E-state index is 0.144. The minimum atomic E-state index is -0.822. The fourth-order valence-electron chi connectivity index (χ4n) is 3.39. The van der Waals surface area contributed by atoms with Gasteiger partial charge in [0.05, 0.1) is 26.0 Å². The normalized spacial score (nSPS) is 15.0. The predicted molar refractivity (Wildman–Crippen MR) is 111 cm³/mol. The third-order valence-electron chi connectivity index (χ3n) is 4.81. The summed E-state index contributed by atoms with van der Waals surface area (Å²) in [5.74, 6) is -0.669. The zero-order valence-electron chi connectivity index (χ0n) is 15.4. The lowest BCUT2D eigenvalue weighted by Crippen LogP contribution is -2.38. The van der Waals surface area contributed by atoms with Crippen LogP contribution in [0, 0.1) is 0 Å². The Morgan fingerprint density at radius 3 is 2.64 bits per heavy atom. The molecule has 0 aliphatic carbocycles. The van der Waals surface area contributed by atoms with Crippen molar-refractivity contribution in [3.05, 3.63) is 52.4 Å². The minimum Gasteiger partial charge on any atom is -0.449 e. The summed E-state index contributed by atoms with van der Waals surface area (Å²) < 4.78 is 6.19. The van der Waals surface area contributed by atoms with E-state index in [4.69, 9.17) is 16.3 Å². The molecule has 3 heterocycles. The summed E-state index contributed by atoms with van der Waals surface area (Å²) in [5.41, 5.74) is 1.74. The Morgan fingerprint density at radius 2 is 1.93 bits per heavy atom. The third kappa shape index (κ3) is 3.75. The van der Waals surface area contributed by atoms with E-state index in [-0.39, 0.29) is 5.91 Å². The van der Waals surface area contributed by atoms with Crippen LogP contribution in [0.1, 0.15) is 30.1 Å². The number of amides is 1. The number of nitrogens with zero attached hydrogens (tertiary/aromatic N) is 2. The molecule has 144 valence electrons. The van der Waals surface area contributed by atoms with Crippen molar-refractivity contribution in [1.82, 2.24) is 9.88 Å². The summed E-state index contributed by atoms with van der Waals surface area (Å²) in [6, 6.07) is 12.8. The van der Waals surface area contributed by atoms with E-state index in [0.717, 1.165) is 30.8 Å². The Labute approximate surface area is 171 Å².